The van der Waals surface area contributed by atoms with Gasteiger partial charge < -0.3 is 34.5 Å². The van der Waals surface area contributed by atoms with Crippen LogP contribution in [-0.2, 0) is 23.7 Å². The van der Waals surface area contributed by atoms with E-state index in [2.05, 4.69) is 10.3 Å². The van der Waals surface area contributed by atoms with Gasteiger partial charge in [0.05, 0.1) is 25.7 Å². The van der Waals surface area contributed by atoms with Crippen LogP contribution in [0.3, 0.4) is 0 Å². The molecule has 4 atom stereocenters. The molecule has 28 heavy (non-hydrogen) atoms. The molecular weight excluding hydrogens is 376 g/mol. The highest BCUT2D eigenvalue weighted by molar-refractivity contribution is 5.87. The number of nitrogens with zero attached hydrogens (tertiary/aromatic N) is 3. The summed E-state index contributed by atoms with van der Waals surface area (Å²) in [5.41, 5.74) is -0.739. The summed E-state index contributed by atoms with van der Waals surface area (Å²) in [5, 5.41) is 30.4. The third kappa shape index (κ3) is 5.80. The van der Waals surface area contributed by atoms with Gasteiger partial charge in [0, 0.05) is 13.1 Å². The molecule has 154 valence electrons. The number of anilines is 1. The predicted molar refractivity (Wildman–Crippen MR) is 91.7 cm³/mol. The Hall–Kier alpha value is -2.40. The summed E-state index contributed by atoms with van der Waals surface area (Å²) < 4.78 is 22.2. The first-order chi connectivity index (χ1) is 13.5. The van der Waals surface area contributed by atoms with Crippen LogP contribution in [0.25, 0.3) is 0 Å². The van der Waals surface area contributed by atoms with Crippen molar-refractivity contribution in [3.63, 3.8) is 0 Å². The lowest BCUT2D eigenvalue weighted by Crippen LogP contribution is -2.38. The summed E-state index contributed by atoms with van der Waals surface area (Å²) in [6.07, 6.45) is -2.72. The van der Waals surface area contributed by atoms with E-state index in [1.807, 2.05) is 6.07 Å². The first kappa shape index (κ1) is 21.9. The van der Waals surface area contributed by atoms with E-state index in [1.165, 1.54) is 19.2 Å². The fourth-order valence-electron chi connectivity index (χ4n) is 2.53. The third-order valence-corrected chi connectivity index (χ3v) is 3.77. The van der Waals surface area contributed by atoms with Crippen LogP contribution in [0.4, 0.5) is 5.82 Å². The van der Waals surface area contributed by atoms with Gasteiger partial charge >= 0.3 is 5.69 Å². The minimum Gasteiger partial charge on any atom is -0.394 e. The van der Waals surface area contributed by atoms with E-state index in [0.717, 1.165) is 4.57 Å². The Morgan fingerprint density at radius 1 is 1.46 bits per heavy atom. The maximum absolute atomic E-state index is 12.3. The quantitative estimate of drug-likeness (QED) is 0.318. The average Bonchev–Trinajstić information content (AvgIpc) is 2.96. The third-order valence-electron chi connectivity index (χ3n) is 3.77. The number of aliphatic hydroxyl groups is 2. The van der Waals surface area contributed by atoms with Crippen molar-refractivity contribution in [2.24, 2.45) is 0 Å². The Balaban J connectivity index is 2.03. The predicted octanol–water partition coefficient (Wildman–Crippen LogP) is -1.30. The number of hydrogen-bond acceptors (Lipinski definition) is 10. The van der Waals surface area contributed by atoms with Gasteiger partial charge in [-0.3, -0.25) is 9.36 Å². The zero-order chi connectivity index (χ0) is 20.5. The van der Waals surface area contributed by atoms with Crippen molar-refractivity contribution in [2.45, 2.75) is 37.9 Å². The molecule has 12 heteroatoms. The highest BCUT2D eigenvalue weighted by Crippen LogP contribution is 2.30. The number of aliphatic hydroxyl groups excluding tert-OH is 2. The van der Waals surface area contributed by atoms with Crippen LogP contribution in [0.5, 0.6) is 0 Å². The minimum absolute atomic E-state index is 0.0707. The Kier molecular flexibility index (Phi) is 8.45. The number of aromatic nitrogens is 2. The first-order valence-corrected chi connectivity index (χ1v) is 8.43. The van der Waals surface area contributed by atoms with Crippen molar-refractivity contribution in [3.8, 4) is 6.07 Å². The summed E-state index contributed by atoms with van der Waals surface area (Å²) in [5.74, 6) is -0.311. The number of hydrogen-bond donors (Lipinski definition) is 3. The number of nitriles is 1. The molecule has 3 unspecified atom stereocenters. The molecule has 1 aromatic rings. The number of rotatable bonds is 10. The van der Waals surface area contributed by atoms with E-state index < -0.39 is 36.8 Å². The van der Waals surface area contributed by atoms with Crippen LogP contribution >= 0.6 is 0 Å². The van der Waals surface area contributed by atoms with Gasteiger partial charge in [0.1, 0.15) is 37.7 Å². The molecule has 0 aromatic carbocycles. The van der Waals surface area contributed by atoms with Gasteiger partial charge in [0.15, 0.2) is 6.23 Å². The van der Waals surface area contributed by atoms with Gasteiger partial charge in [-0.2, -0.15) is 10.2 Å². The molecule has 2 heterocycles. The van der Waals surface area contributed by atoms with Gasteiger partial charge in [-0.05, 0) is 6.07 Å². The highest BCUT2D eigenvalue weighted by atomic mass is 16.7. The van der Waals surface area contributed by atoms with E-state index in [0.29, 0.717) is 0 Å². The topological polar surface area (TPSA) is 165 Å². The molecular formula is C16H22N4O8. The van der Waals surface area contributed by atoms with Gasteiger partial charge in [-0.1, -0.05) is 0 Å². The van der Waals surface area contributed by atoms with Crippen molar-refractivity contribution in [1.29, 1.82) is 5.26 Å². The molecule has 3 N–H and O–H groups in total. The summed E-state index contributed by atoms with van der Waals surface area (Å²) in [6.45, 7) is 0.610. The molecule has 12 nitrogen and oxygen atoms in total. The summed E-state index contributed by atoms with van der Waals surface area (Å²) in [4.78, 5) is 27.1. The number of carbonyl (C=O) groups is 1. The van der Waals surface area contributed by atoms with Crippen LogP contribution in [0.15, 0.2) is 17.1 Å². The number of amides is 1. The number of nitrogens with one attached hydrogen (secondary N) is 1. The normalized spacial score (nSPS) is 24.1. The molecule has 1 aromatic heterocycles. The maximum atomic E-state index is 12.3. The van der Waals surface area contributed by atoms with Crippen LogP contribution in [0.2, 0.25) is 0 Å². The van der Waals surface area contributed by atoms with Gasteiger partial charge in [0.25, 0.3) is 0 Å². The lowest BCUT2D eigenvalue weighted by molar-refractivity contribution is -0.175. The SMILES string of the molecule is CC(=O)Nc1ccn(C2OC(CO)C(O)[C@@H]2OCOCOCCC#N)c(=O)n1. The Labute approximate surface area is 160 Å². The van der Waals surface area contributed by atoms with Crippen molar-refractivity contribution in [1.82, 2.24) is 9.55 Å². The van der Waals surface area contributed by atoms with Crippen LogP contribution in [0.1, 0.15) is 19.6 Å². The molecule has 1 fully saturated rings. The molecule has 2 rings (SSSR count). The van der Waals surface area contributed by atoms with E-state index in [9.17, 15) is 19.8 Å². The van der Waals surface area contributed by atoms with Crippen molar-refractivity contribution in [3.05, 3.63) is 22.7 Å². The molecule has 1 aliphatic heterocycles. The zero-order valence-corrected chi connectivity index (χ0v) is 15.2. The standard InChI is InChI=1S/C16H22N4O8/c1-10(22)18-12-3-5-20(16(24)19-12)15-14(13(23)11(7-21)28-15)27-9-26-8-25-6-2-4-17/h3,5,11,13-15,21,23H,2,6-9H2,1H3,(H,18,19,22,24)/t11?,13?,14-,15?/m0/s1. The van der Waals surface area contributed by atoms with Crippen molar-refractivity contribution in [2.75, 3.05) is 32.1 Å². The van der Waals surface area contributed by atoms with Crippen molar-refractivity contribution < 1.29 is 34.0 Å². The van der Waals surface area contributed by atoms with Gasteiger partial charge in [-0.25, -0.2) is 4.79 Å². The summed E-state index contributed by atoms with van der Waals surface area (Å²) in [6, 6.07) is 3.31. The van der Waals surface area contributed by atoms with E-state index in [-0.39, 0.29) is 38.3 Å². The minimum atomic E-state index is -1.22. The molecule has 0 bridgehead atoms. The Morgan fingerprint density at radius 3 is 2.89 bits per heavy atom. The number of ether oxygens (including phenoxy) is 4. The summed E-state index contributed by atoms with van der Waals surface area (Å²) >= 11 is 0. The lowest BCUT2D eigenvalue weighted by Gasteiger charge is -2.22. The van der Waals surface area contributed by atoms with Crippen molar-refractivity contribution >= 4 is 11.7 Å². The van der Waals surface area contributed by atoms with Crippen LogP contribution in [-0.4, -0.2) is 70.8 Å². The maximum Gasteiger partial charge on any atom is 0.351 e. The molecule has 1 aliphatic rings. The molecule has 0 saturated carbocycles. The molecule has 0 radical (unpaired) electrons. The number of carbonyl (C=O) groups excluding carboxylic acids is 1. The van der Waals surface area contributed by atoms with Gasteiger partial charge in [0.2, 0.25) is 5.91 Å². The van der Waals surface area contributed by atoms with Gasteiger partial charge in [-0.15, -0.1) is 0 Å². The average molecular weight is 398 g/mol. The molecule has 0 spiro atoms. The van der Waals surface area contributed by atoms with E-state index >= 15 is 0 Å². The smallest absolute Gasteiger partial charge is 0.351 e. The van der Waals surface area contributed by atoms with E-state index in [4.69, 9.17) is 24.2 Å². The lowest BCUT2D eigenvalue weighted by atomic mass is 10.1. The van der Waals surface area contributed by atoms with E-state index in [1.54, 1.807) is 0 Å². The molecule has 0 aliphatic carbocycles. The largest absolute Gasteiger partial charge is 0.394 e. The molecule has 1 amide bonds. The second kappa shape index (κ2) is 10.8. The second-order valence-electron chi connectivity index (χ2n) is 5.81. The van der Waals surface area contributed by atoms with Crippen LogP contribution in [0, 0.1) is 11.3 Å². The summed E-state index contributed by atoms with van der Waals surface area (Å²) in [7, 11) is 0. The van der Waals surface area contributed by atoms with Crippen LogP contribution < -0.4 is 11.0 Å². The first-order valence-electron chi connectivity index (χ1n) is 8.43. The zero-order valence-electron chi connectivity index (χ0n) is 15.2. The fourth-order valence-corrected chi connectivity index (χ4v) is 2.53. The highest BCUT2D eigenvalue weighted by Gasteiger charge is 2.45. The fraction of sp³-hybridized carbons (Fsp3) is 0.625. The Morgan fingerprint density at radius 2 is 2.25 bits per heavy atom. The Bertz CT molecular complexity index is 749. The second-order valence-corrected chi connectivity index (χ2v) is 5.81. The molecule has 1 saturated heterocycles. The monoisotopic (exact) mass is 398 g/mol.